The summed E-state index contributed by atoms with van der Waals surface area (Å²) in [6.07, 6.45) is 3.64. The second-order valence-corrected chi connectivity index (χ2v) is 15.8. The van der Waals surface area contributed by atoms with Crippen molar-refractivity contribution in [1.82, 2.24) is 37.2 Å². The molecule has 0 spiro atoms. The minimum Gasteiger partial charge on any atom is -0.480 e. The summed E-state index contributed by atoms with van der Waals surface area (Å²) in [4.78, 5) is 107. The van der Waals surface area contributed by atoms with Crippen molar-refractivity contribution in [2.75, 3.05) is 44.8 Å². The van der Waals surface area contributed by atoms with Gasteiger partial charge in [0.15, 0.2) is 5.96 Å². The zero-order chi connectivity index (χ0) is 46.6. The second kappa shape index (κ2) is 30.5. The number of hydrogen-bond acceptors (Lipinski definition) is 13. The average molecular weight is 895 g/mol. The highest BCUT2D eigenvalue weighted by Gasteiger charge is 2.30. The topological polar surface area (TPSA) is 378 Å². The first-order valence-electron chi connectivity index (χ1n) is 20.3. The van der Waals surface area contributed by atoms with Gasteiger partial charge >= 0.3 is 5.97 Å². The molecule has 0 unspecified atom stereocenters. The number of nitrogens with zero attached hydrogens (tertiary/aromatic N) is 1. The molecule has 0 heterocycles. The van der Waals surface area contributed by atoms with Crippen molar-refractivity contribution in [3.63, 3.8) is 0 Å². The number of unbranched alkanes of at least 4 members (excludes halogenated alkanes) is 1. The number of carbonyl (C=O) groups is 8. The van der Waals surface area contributed by atoms with E-state index in [1.807, 2.05) is 18.2 Å². The normalized spacial score (nSPS) is 13.8. The molecular weight excluding hydrogens is 829 g/mol. The van der Waals surface area contributed by atoms with Gasteiger partial charge in [-0.3, -0.25) is 38.6 Å². The van der Waals surface area contributed by atoms with Crippen LogP contribution in [0.4, 0.5) is 0 Å². The Morgan fingerprint density at radius 3 is 1.74 bits per heavy atom. The highest BCUT2D eigenvalue weighted by molar-refractivity contribution is 7.98. The van der Waals surface area contributed by atoms with Crippen molar-refractivity contribution in [3.8, 4) is 0 Å². The maximum Gasteiger partial charge on any atom is 0.326 e. The van der Waals surface area contributed by atoms with E-state index in [1.54, 1.807) is 32.2 Å². The van der Waals surface area contributed by atoms with Gasteiger partial charge in [-0.1, -0.05) is 44.2 Å². The molecule has 0 fully saturated rings. The van der Waals surface area contributed by atoms with Crippen LogP contribution in [0.25, 0.3) is 0 Å². The zero-order valence-corrected chi connectivity index (χ0v) is 36.5. The Hall–Kier alpha value is -5.52. The number of aliphatic imine (C=N–C) groups is 1. The SMILES string of the molecule is CSCC[C@H](NC(=O)CNC(=O)[C@H](CO)NC(=O)[C@H](CCCCN)NC(=O)[C@@H](N)Cc1ccccc1)C(=O)N[C@@H](CCCN=C(N)N)C(=O)NCC(=O)N[C@@H](CC(C)C)C(=O)O. The summed E-state index contributed by atoms with van der Waals surface area (Å²) in [5.74, 6) is -6.49. The average Bonchev–Trinajstić information content (AvgIpc) is 3.22. The van der Waals surface area contributed by atoms with Gasteiger partial charge in [0.25, 0.3) is 0 Å². The molecule has 0 saturated heterocycles. The van der Waals surface area contributed by atoms with Crippen LogP contribution in [0.3, 0.4) is 0 Å². The van der Waals surface area contributed by atoms with E-state index in [0.717, 1.165) is 5.56 Å². The van der Waals surface area contributed by atoms with Crippen LogP contribution in [-0.2, 0) is 44.8 Å². The lowest BCUT2D eigenvalue weighted by molar-refractivity contribution is -0.142. The van der Waals surface area contributed by atoms with Crippen LogP contribution in [0.15, 0.2) is 35.3 Å². The number of hydrogen-bond donors (Lipinski definition) is 13. The molecule has 22 nitrogen and oxygen atoms in total. The number of carbonyl (C=O) groups excluding carboxylic acids is 7. The maximum atomic E-state index is 13.5. The third-order valence-corrected chi connectivity index (χ3v) is 9.70. The minimum atomic E-state index is -1.52. The smallest absolute Gasteiger partial charge is 0.326 e. The molecule has 1 aromatic carbocycles. The van der Waals surface area contributed by atoms with E-state index in [4.69, 9.17) is 22.9 Å². The first-order valence-corrected chi connectivity index (χ1v) is 21.7. The molecule has 62 heavy (non-hydrogen) atoms. The number of rotatable bonds is 31. The van der Waals surface area contributed by atoms with Crippen molar-refractivity contribution in [2.24, 2.45) is 33.8 Å². The second-order valence-electron chi connectivity index (χ2n) is 14.8. The third-order valence-electron chi connectivity index (χ3n) is 9.06. The number of nitrogens with one attached hydrogen (secondary N) is 7. The van der Waals surface area contributed by atoms with Gasteiger partial charge in [0.1, 0.15) is 30.2 Å². The number of thioether (sulfide) groups is 1. The van der Waals surface area contributed by atoms with E-state index in [-0.39, 0.29) is 56.9 Å². The Morgan fingerprint density at radius 2 is 1.21 bits per heavy atom. The highest BCUT2D eigenvalue weighted by Crippen LogP contribution is 2.08. The lowest BCUT2D eigenvalue weighted by atomic mass is 10.0. The van der Waals surface area contributed by atoms with Gasteiger partial charge in [0, 0.05) is 6.54 Å². The Balaban J connectivity index is 2.98. The van der Waals surface area contributed by atoms with Crippen LogP contribution < -0.4 is 60.2 Å². The minimum absolute atomic E-state index is 0.00659. The molecule has 1 rings (SSSR count). The van der Waals surface area contributed by atoms with Gasteiger partial charge in [-0.2, -0.15) is 11.8 Å². The van der Waals surface area contributed by atoms with Gasteiger partial charge in [0.2, 0.25) is 41.4 Å². The molecular formula is C39H66N12O10S. The lowest BCUT2D eigenvalue weighted by Crippen LogP contribution is -2.58. The van der Waals surface area contributed by atoms with Crippen LogP contribution >= 0.6 is 11.8 Å². The summed E-state index contributed by atoms with van der Waals surface area (Å²) >= 11 is 1.37. The number of carboxylic acids is 1. The molecule has 6 atom stereocenters. The molecule has 23 heteroatoms. The maximum absolute atomic E-state index is 13.5. The Labute approximate surface area is 366 Å². The quantitative estimate of drug-likeness (QED) is 0.0194. The summed E-state index contributed by atoms with van der Waals surface area (Å²) in [5, 5.41) is 36.6. The Bertz CT molecular complexity index is 1630. The Kier molecular flexibility index (Phi) is 26.8. The van der Waals surface area contributed by atoms with E-state index in [1.165, 1.54) is 11.8 Å². The molecule has 0 bridgehead atoms. The van der Waals surface area contributed by atoms with E-state index in [2.05, 4.69) is 42.2 Å². The molecule has 0 aromatic heterocycles. The van der Waals surface area contributed by atoms with Crippen molar-refractivity contribution < 1.29 is 48.6 Å². The lowest BCUT2D eigenvalue weighted by Gasteiger charge is -2.24. The molecule has 7 amide bonds. The van der Waals surface area contributed by atoms with E-state index < -0.39 is 103 Å². The number of aliphatic carboxylic acids is 1. The summed E-state index contributed by atoms with van der Waals surface area (Å²) in [6, 6.07) is 1.81. The molecule has 1 aromatic rings. The van der Waals surface area contributed by atoms with Gasteiger partial charge in [-0.15, -0.1) is 0 Å². The van der Waals surface area contributed by atoms with E-state index in [0.29, 0.717) is 25.1 Å². The number of aliphatic hydroxyl groups is 1. The third kappa shape index (κ3) is 22.9. The number of guanidine groups is 1. The number of amides is 7. The standard InChI is InChI=1S/C39H66N12O10S/c1-23(2)18-29(38(60)61)48-32(54)21-45-34(56)26(13-9-16-44-39(42)43)50-37(59)28(14-17-62-3)47-31(53)20-46-35(57)30(22-52)51-36(58)27(12-7-8-15-40)49-33(55)25(41)19-24-10-5-4-6-11-24/h4-6,10-11,23,25-30,52H,7-9,12-22,40-41H2,1-3H3,(H,45,56)(H,46,57)(H,47,53)(H,48,54)(H,49,55)(H,50,59)(H,51,58)(H,60,61)(H4,42,43,44)/t25-,26-,27-,28-,29-,30-/m0/s1. The summed E-state index contributed by atoms with van der Waals surface area (Å²) in [6.45, 7) is 1.90. The molecule has 0 radical (unpaired) electrons. The fourth-order valence-electron chi connectivity index (χ4n) is 5.78. The first-order chi connectivity index (χ1) is 29.4. The van der Waals surface area contributed by atoms with Gasteiger partial charge in [-0.25, -0.2) is 4.79 Å². The molecule has 0 aliphatic carbocycles. The Morgan fingerprint density at radius 1 is 0.694 bits per heavy atom. The van der Waals surface area contributed by atoms with Crippen LogP contribution in [0, 0.1) is 5.92 Å². The van der Waals surface area contributed by atoms with Crippen molar-refractivity contribution in [3.05, 3.63) is 35.9 Å². The van der Waals surface area contributed by atoms with Crippen molar-refractivity contribution in [2.45, 2.75) is 101 Å². The molecule has 0 aliphatic rings. The number of aliphatic hydroxyl groups excluding tert-OH is 1. The summed E-state index contributed by atoms with van der Waals surface area (Å²) < 4.78 is 0. The van der Waals surface area contributed by atoms with E-state index in [9.17, 15) is 48.6 Å². The fourth-order valence-corrected chi connectivity index (χ4v) is 6.25. The predicted octanol–water partition coefficient (Wildman–Crippen LogP) is -3.73. The van der Waals surface area contributed by atoms with Crippen molar-refractivity contribution >= 4 is 65.0 Å². The molecule has 0 saturated carbocycles. The fraction of sp³-hybridized carbons (Fsp3) is 0.615. The molecule has 348 valence electrons. The number of carboxylic acid groups (broad SMARTS) is 1. The van der Waals surface area contributed by atoms with Crippen LogP contribution in [0.1, 0.15) is 64.4 Å². The first kappa shape index (κ1) is 54.5. The highest BCUT2D eigenvalue weighted by atomic mass is 32.2. The van der Waals surface area contributed by atoms with Crippen LogP contribution in [0.5, 0.6) is 0 Å². The number of nitrogens with two attached hydrogens (primary N) is 4. The summed E-state index contributed by atoms with van der Waals surface area (Å²) in [7, 11) is 0. The van der Waals surface area contributed by atoms with Gasteiger partial charge in [0.05, 0.1) is 25.7 Å². The zero-order valence-electron chi connectivity index (χ0n) is 35.7. The summed E-state index contributed by atoms with van der Waals surface area (Å²) in [5.41, 5.74) is 23.3. The molecule has 0 aliphatic heterocycles. The number of benzene rings is 1. The van der Waals surface area contributed by atoms with Crippen LogP contribution in [-0.4, -0.2) is 145 Å². The monoisotopic (exact) mass is 894 g/mol. The van der Waals surface area contributed by atoms with Gasteiger partial charge < -0.3 is 70.4 Å². The van der Waals surface area contributed by atoms with Crippen LogP contribution in [0.2, 0.25) is 0 Å². The largest absolute Gasteiger partial charge is 0.480 e. The van der Waals surface area contributed by atoms with E-state index >= 15 is 0 Å². The van der Waals surface area contributed by atoms with Gasteiger partial charge in [-0.05, 0) is 81.4 Å². The van der Waals surface area contributed by atoms with Crippen molar-refractivity contribution in [1.29, 1.82) is 0 Å². The predicted molar refractivity (Wildman–Crippen MR) is 234 cm³/mol. The molecule has 17 N–H and O–H groups in total.